The van der Waals surface area contributed by atoms with Crippen LogP contribution in [0.25, 0.3) is 0 Å². The number of phenols is 1. The van der Waals surface area contributed by atoms with Crippen LogP contribution in [0.2, 0.25) is 0 Å². The fourth-order valence-corrected chi connectivity index (χ4v) is 2.43. The predicted molar refractivity (Wildman–Crippen MR) is 90.4 cm³/mol. The standard InChI is InChI=1S/C18H26N2O3/c1-18(2,3)13-7-8-15(21)14(11-13)20-16(22)9-10-19-17(23)12-5-4-6-12/h7-8,11-12,21H,4-6,9-10H2,1-3H3,(H,19,23)(H,20,22). The molecule has 1 aromatic rings. The van der Waals surface area contributed by atoms with Gasteiger partial charge in [-0.15, -0.1) is 0 Å². The van der Waals surface area contributed by atoms with E-state index in [0.717, 1.165) is 24.8 Å². The summed E-state index contributed by atoms with van der Waals surface area (Å²) < 4.78 is 0. The van der Waals surface area contributed by atoms with Crippen LogP contribution in [-0.2, 0) is 15.0 Å². The van der Waals surface area contributed by atoms with Gasteiger partial charge in [-0.2, -0.15) is 0 Å². The number of carbonyl (C=O) groups excluding carboxylic acids is 2. The molecule has 1 saturated carbocycles. The summed E-state index contributed by atoms with van der Waals surface area (Å²) in [6, 6.07) is 5.23. The van der Waals surface area contributed by atoms with Crippen LogP contribution in [0, 0.1) is 5.92 Å². The van der Waals surface area contributed by atoms with Crippen LogP contribution >= 0.6 is 0 Å². The summed E-state index contributed by atoms with van der Waals surface area (Å²) >= 11 is 0. The molecule has 1 aromatic carbocycles. The van der Waals surface area contributed by atoms with Gasteiger partial charge in [0.2, 0.25) is 11.8 Å². The Bertz CT molecular complexity index is 586. The third-order valence-corrected chi connectivity index (χ3v) is 4.26. The largest absolute Gasteiger partial charge is 0.506 e. The Labute approximate surface area is 137 Å². The second-order valence-electron chi connectivity index (χ2n) is 7.20. The molecule has 0 aromatic heterocycles. The maximum absolute atomic E-state index is 12.0. The van der Waals surface area contributed by atoms with Crippen molar-refractivity contribution in [3.05, 3.63) is 23.8 Å². The molecule has 126 valence electrons. The Hall–Kier alpha value is -2.04. The van der Waals surface area contributed by atoms with E-state index in [9.17, 15) is 14.7 Å². The molecule has 1 aliphatic rings. The van der Waals surface area contributed by atoms with Gasteiger partial charge in [0.25, 0.3) is 0 Å². The number of hydrogen-bond donors (Lipinski definition) is 3. The van der Waals surface area contributed by atoms with Crippen molar-refractivity contribution in [3.63, 3.8) is 0 Å². The van der Waals surface area contributed by atoms with Crippen molar-refractivity contribution in [2.75, 3.05) is 11.9 Å². The highest BCUT2D eigenvalue weighted by Crippen LogP contribution is 2.30. The van der Waals surface area contributed by atoms with Gasteiger partial charge < -0.3 is 15.7 Å². The van der Waals surface area contributed by atoms with Crippen molar-refractivity contribution in [2.24, 2.45) is 5.92 Å². The number of phenolic OH excluding ortho intramolecular Hbond substituents is 1. The minimum absolute atomic E-state index is 0.0432. The first-order valence-corrected chi connectivity index (χ1v) is 8.18. The smallest absolute Gasteiger partial charge is 0.226 e. The zero-order valence-electron chi connectivity index (χ0n) is 14.1. The number of rotatable bonds is 5. The quantitative estimate of drug-likeness (QED) is 0.730. The first-order chi connectivity index (χ1) is 10.8. The van der Waals surface area contributed by atoms with Crippen LogP contribution in [0.4, 0.5) is 5.69 Å². The Morgan fingerprint density at radius 2 is 1.96 bits per heavy atom. The normalized spacial score (nSPS) is 14.9. The second-order valence-corrected chi connectivity index (χ2v) is 7.20. The lowest BCUT2D eigenvalue weighted by Gasteiger charge is -2.24. The number of carbonyl (C=O) groups is 2. The maximum atomic E-state index is 12.0. The molecule has 1 fully saturated rings. The predicted octanol–water partition coefficient (Wildman–Crippen LogP) is 2.93. The fraction of sp³-hybridized carbons (Fsp3) is 0.556. The molecule has 0 aliphatic heterocycles. The molecule has 23 heavy (non-hydrogen) atoms. The van der Waals surface area contributed by atoms with Gasteiger partial charge in [-0.1, -0.05) is 33.3 Å². The van der Waals surface area contributed by atoms with E-state index < -0.39 is 0 Å². The van der Waals surface area contributed by atoms with E-state index in [1.54, 1.807) is 12.1 Å². The lowest BCUT2D eigenvalue weighted by atomic mass is 9.85. The summed E-state index contributed by atoms with van der Waals surface area (Å²) in [7, 11) is 0. The first-order valence-electron chi connectivity index (χ1n) is 8.18. The van der Waals surface area contributed by atoms with Crippen molar-refractivity contribution in [1.29, 1.82) is 0 Å². The van der Waals surface area contributed by atoms with Crippen molar-refractivity contribution in [2.45, 2.75) is 51.9 Å². The highest BCUT2D eigenvalue weighted by Gasteiger charge is 2.24. The zero-order chi connectivity index (χ0) is 17.0. The molecule has 3 N–H and O–H groups in total. The number of aromatic hydroxyl groups is 1. The topological polar surface area (TPSA) is 78.4 Å². The summed E-state index contributed by atoms with van der Waals surface area (Å²) in [5.41, 5.74) is 1.38. The van der Waals surface area contributed by atoms with Gasteiger partial charge in [-0.3, -0.25) is 9.59 Å². The first kappa shape index (κ1) is 17.3. The molecule has 5 heteroatoms. The number of hydrogen-bond acceptors (Lipinski definition) is 3. The molecular weight excluding hydrogens is 292 g/mol. The second kappa shape index (κ2) is 7.02. The van der Waals surface area contributed by atoms with Gasteiger partial charge in [-0.25, -0.2) is 0 Å². The number of nitrogens with one attached hydrogen (secondary N) is 2. The number of anilines is 1. The Morgan fingerprint density at radius 3 is 2.52 bits per heavy atom. The van der Waals surface area contributed by atoms with Crippen LogP contribution in [0.5, 0.6) is 5.75 Å². The van der Waals surface area contributed by atoms with Crippen molar-refractivity contribution < 1.29 is 14.7 Å². The van der Waals surface area contributed by atoms with Gasteiger partial charge in [0.05, 0.1) is 5.69 Å². The molecule has 0 heterocycles. The van der Waals surface area contributed by atoms with Crippen LogP contribution in [0.15, 0.2) is 18.2 Å². The van der Waals surface area contributed by atoms with E-state index in [4.69, 9.17) is 0 Å². The monoisotopic (exact) mass is 318 g/mol. The lowest BCUT2D eigenvalue weighted by molar-refractivity contribution is -0.127. The summed E-state index contributed by atoms with van der Waals surface area (Å²) in [6.07, 6.45) is 3.20. The van der Waals surface area contributed by atoms with Gasteiger partial charge in [-0.05, 0) is 36.0 Å². The molecule has 1 aliphatic carbocycles. The van der Waals surface area contributed by atoms with Gasteiger partial charge in [0, 0.05) is 18.9 Å². The summed E-state index contributed by atoms with van der Waals surface area (Å²) in [5.74, 6) is -0.00248. The SMILES string of the molecule is CC(C)(C)c1ccc(O)c(NC(=O)CCNC(=O)C2CCC2)c1. The lowest BCUT2D eigenvalue weighted by Crippen LogP contribution is -2.36. The zero-order valence-corrected chi connectivity index (χ0v) is 14.1. The summed E-state index contributed by atoms with van der Waals surface area (Å²) in [6.45, 7) is 6.53. The molecule has 0 saturated heterocycles. The summed E-state index contributed by atoms with van der Waals surface area (Å²) in [5, 5.41) is 15.4. The fourth-order valence-electron chi connectivity index (χ4n) is 2.43. The highest BCUT2D eigenvalue weighted by molar-refractivity contribution is 5.92. The van der Waals surface area contributed by atoms with Crippen LogP contribution < -0.4 is 10.6 Å². The Kier molecular flexibility index (Phi) is 5.29. The number of amides is 2. The minimum atomic E-state index is -0.222. The average molecular weight is 318 g/mol. The Morgan fingerprint density at radius 1 is 1.26 bits per heavy atom. The van der Waals surface area contributed by atoms with Crippen molar-refractivity contribution >= 4 is 17.5 Å². The average Bonchev–Trinajstić information content (AvgIpc) is 2.38. The van der Waals surface area contributed by atoms with Crippen molar-refractivity contribution in [3.8, 4) is 5.75 Å². The molecule has 0 unspecified atom stereocenters. The maximum Gasteiger partial charge on any atom is 0.226 e. The van der Waals surface area contributed by atoms with Crippen molar-refractivity contribution in [1.82, 2.24) is 5.32 Å². The molecule has 0 radical (unpaired) electrons. The number of benzene rings is 1. The molecular formula is C18H26N2O3. The van der Waals surface area contributed by atoms with E-state index in [0.29, 0.717) is 12.2 Å². The third kappa shape index (κ3) is 4.71. The Balaban J connectivity index is 1.85. The van der Waals surface area contributed by atoms with Crippen LogP contribution in [-0.4, -0.2) is 23.5 Å². The molecule has 0 spiro atoms. The molecule has 0 bridgehead atoms. The van der Waals surface area contributed by atoms with Crippen LogP contribution in [0.3, 0.4) is 0 Å². The van der Waals surface area contributed by atoms with Gasteiger partial charge >= 0.3 is 0 Å². The van der Waals surface area contributed by atoms with E-state index in [-0.39, 0.29) is 35.3 Å². The van der Waals surface area contributed by atoms with E-state index in [2.05, 4.69) is 31.4 Å². The molecule has 5 nitrogen and oxygen atoms in total. The molecule has 2 amide bonds. The minimum Gasteiger partial charge on any atom is -0.506 e. The highest BCUT2D eigenvalue weighted by atomic mass is 16.3. The summed E-state index contributed by atoms with van der Waals surface area (Å²) in [4.78, 5) is 23.7. The van der Waals surface area contributed by atoms with Crippen LogP contribution in [0.1, 0.15) is 52.0 Å². The molecule has 0 atom stereocenters. The van der Waals surface area contributed by atoms with E-state index in [1.165, 1.54) is 0 Å². The van der Waals surface area contributed by atoms with E-state index >= 15 is 0 Å². The third-order valence-electron chi connectivity index (χ3n) is 4.26. The van der Waals surface area contributed by atoms with Gasteiger partial charge in [0.1, 0.15) is 5.75 Å². The van der Waals surface area contributed by atoms with Gasteiger partial charge in [0.15, 0.2) is 0 Å². The van der Waals surface area contributed by atoms with E-state index in [1.807, 2.05) is 6.07 Å². The molecule has 2 rings (SSSR count).